The molecular formula is C9H13IN4. The van der Waals surface area contributed by atoms with Gasteiger partial charge in [0.25, 0.3) is 0 Å². The number of aromatic nitrogens is 2. The lowest BCUT2D eigenvalue weighted by Gasteiger charge is -2.18. The van der Waals surface area contributed by atoms with E-state index < -0.39 is 0 Å². The van der Waals surface area contributed by atoms with Crippen LogP contribution < -0.4 is 10.2 Å². The zero-order valence-corrected chi connectivity index (χ0v) is 10.2. The molecule has 4 nitrogen and oxygen atoms in total. The first kappa shape index (κ1) is 10.1. The molecule has 0 saturated carbocycles. The van der Waals surface area contributed by atoms with Gasteiger partial charge in [-0.05, 0) is 36.1 Å². The second kappa shape index (κ2) is 4.39. The highest BCUT2D eigenvalue weighted by atomic mass is 127. The number of hydrogen-bond acceptors (Lipinski definition) is 4. The summed E-state index contributed by atoms with van der Waals surface area (Å²) >= 11 is 2.28. The highest BCUT2D eigenvalue weighted by molar-refractivity contribution is 14.1. The molecule has 1 aromatic heterocycles. The fourth-order valence-electron chi connectivity index (χ4n) is 1.73. The molecule has 0 radical (unpaired) electrons. The molecule has 0 bridgehead atoms. The van der Waals surface area contributed by atoms with Crippen LogP contribution in [-0.2, 0) is 0 Å². The normalized spacial score (nSPS) is 21.6. The van der Waals surface area contributed by atoms with Gasteiger partial charge in [0.15, 0.2) is 0 Å². The first-order chi connectivity index (χ1) is 6.81. The van der Waals surface area contributed by atoms with Gasteiger partial charge in [-0.3, -0.25) is 0 Å². The molecule has 0 aliphatic carbocycles. The van der Waals surface area contributed by atoms with Crippen LogP contribution in [0.4, 0.5) is 5.82 Å². The van der Waals surface area contributed by atoms with Gasteiger partial charge in [-0.2, -0.15) is 0 Å². The van der Waals surface area contributed by atoms with Crippen molar-refractivity contribution in [3.63, 3.8) is 0 Å². The fraction of sp³-hybridized carbons (Fsp3) is 0.556. The van der Waals surface area contributed by atoms with E-state index in [1.54, 1.807) is 6.33 Å². The average molecular weight is 304 g/mol. The van der Waals surface area contributed by atoms with E-state index in [-0.39, 0.29) is 0 Å². The van der Waals surface area contributed by atoms with Gasteiger partial charge in [0.1, 0.15) is 12.1 Å². The minimum atomic E-state index is 0.598. The van der Waals surface area contributed by atoms with Gasteiger partial charge in [0.2, 0.25) is 0 Å². The molecule has 2 heterocycles. The van der Waals surface area contributed by atoms with Crippen molar-refractivity contribution in [2.75, 3.05) is 25.0 Å². The number of nitrogens with one attached hydrogen (secondary N) is 1. The van der Waals surface area contributed by atoms with Crippen molar-refractivity contribution < 1.29 is 0 Å². The zero-order chi connectivity index (χ0) is 9.97. The molecule has 1 unspecified atom stereocenters. The lowest BCUT2D eigenvalue weighted by molar-refractivity contribution is 0.616. The van der Waals surface area contributed by atoms with Crippen LogP contribution in [0.1, 0.15) is 6.42 Å². The maximum atomic E-state index is 4.31. The smallest absolute Gasteiger partial charge is 0.145 e. The van der Waals surface area contributed by atoms with E-state index in [1.165, 1.54) is 6.42 Å². The Morgan fingerprint density at radius 2 is 2.50 bits per heavy atom. The largest absolute Gasteiger partial charge is 0.354 e. The Hall–Kier alpha value is -0.430. The van der Waals surface area contributed by atoms with Crippen LogP contribution in [-0.4, -0.2) is 36.1 Å². The third kappa shape index (κ3) is 1.98. The molecule has 1 aliphatic rings. The monoisotopic (exact) mass is 304 g/mol. The molecule has 2 rings (SSSR count). The minimum Gasteiger partial charge on any atom is -0.354 e. The number of anilines is 1. The van der Waals surface area contributed by atoms with E-state index in [2.05, 4.69) is 42.8 Å². The Labute approximate surface area is 97.3 Å². The average Bonchev–Trinajstić information content (AvgIpc) is 2.67. The van der Waals surface area contributed by atoms with Gasteiger partial charge < -0.3 is 10.2 Å². The van der Waals surface area contributed by atoms with Crippen molar-refractivity contribution in [3.8, 4) is 0 Å². The summed E-state index contributed by atoms with van der Waals surface area (Å²) in [6.07, 6.45) is 4.66. The molecule has 1 aliphatic heterocycles. The Morgan fingerprint density at radius 3 is 3.14 bits per heavy atom. The molecule has 1 aromatic rings. The number of rotatable bonds is 2. The summed E-state index contributed by atoms with van der Waals surface area (Å²) in [7, 11) is 2.01. The second-order valence-electron chi connectivity index (χ2n) is 3.41. The molecular weight excluding hydrogens is 291 g/mol. The Kier molecular flexibility index (Phi) is 3.17. The minimum absolute atomic E-state index is 0.598. The van der Waals surface area contributed by atoms with Crippen molar-refractivity contribution in [1.29, 1.82) is 0 Å². The third-order valence-corrected chi connectivity index (χ3v) is 3.31. The first-order valence-corrected chi connectivity index (χ1v) is 5.77. The summed E-state index contributed by atoms with van der Waals surface area (Å²) < 4.78 is 1.13. The maximum absolute atomic E-state index is 4.31. The van der Waals surface area contributed by atoms with Gasteiger partial charge in [-0.25, -0.2) is 9.97 Å². The number of nitrogens with zero attached hydrogens (tertiary/aromatic N) is 3. The lowest BCUT2D eigenvalue weighted by Crippen LogP contribution is -2.30. The Balaban J connectivity index is 2.13. The summed E-state index contributed by atoms with van der Waals surface area (Å²) in [6.45, 7) is 2.13. The topological polar surface area (TPSA) is 41.0 Å². The second-order valence-corrected chi connectivity index (χ2v) is 4.58. The third-order valence-electron chi connectivity index (χ3n) is 2.54. The summed E-state index contributed by atoms with van der Waals surface area (Å²) in [4.78, 5) is 10.6. The molecule has 1 saturated heterocycles. The van der Waals surface area contributed by atoms with Crippen molar-refractivity contribution in [3.05, 3.63) is 16.1 Å². The van der Waals surface area contributed by atoms with Crippen LogP contribution in [0.5, 0.6) is 0 Å². The maximum Gasteiger partial charge on any atom is 0.145 e. The molecule has 5 heteroatoms. The van der Waals surface area contributed by atoms with Crippen LogP contribution >= 0.6 is 22.6 Å². The van der Waals surface area contributed by atoms with Crippen LogP contribution in [0.25, 0.3) is 0 Å². The molecule has 1 atom stereocenters. The molecule has 14 heavy (non-hydrogen) atoms. The predicted octanol–water partition coefficient (Wildman–Crippen LogP) is 0.879. The summed E-state index contributed by atoms with van der Waals surface area (Å²) in [5.41, 5.74) is 0. The van der Waals surface area contributed by atoms with Crippen molar-refractivity contribution >= 4 is 28.4 Å². The van der Waals surface area contributed by atoms with Crippen molar-refractivity contribution in [2.45, 2.75) is 12.5 Å². The van der Waals surface area contributed by atoms with E-state index in [0.717, 1.165) is 22.5 Å². The van der Waals surface area contributed by atoms with Gasteiger partial charge in [-0.15, -0.1) is 0 Å². The highest BCUT2D eigenvalue weighted by Crippen LogP contribution is 2.22. The Bertz CT molecular complexity index is 317. The van der Waals surface area contributed by atoms with Crippen molar-refractivity contribution in [1.82, 2.24) is 15.3 Å². The number of halogens is 1. The summed E-state index contributed by atoms with van der Waals surface area (Å²) in [6, 6.07) is 0.598. The fourth-order valence-corrected chi connectivity index (χ4v) is 2.37. The Morgan fingerprint density at radius 1 is 1.64 bits per heavy atom. The summed E-state index contributed by atoms with van der Waals surface area (Å²) in [5, 5.41) is 3.30. The zero-order valence-electron chi connectivity index (χ0n) is 8.07. The van der Waals surface area contributed by atoms with Gasteiger partial charge in [-0.1, -0.05) is 0 Å². The van der Waals surface area contributed by atoms with Crippen LogP contribution in [0.3, 0.4) is 0 Å². The highest BCUT2D eigenvalue weighted by Gasteiger charge is 2.23. The van der Waals surface area contributed by atoms with E-state index in [4.69, 9.17) is 0 Å². The molecule has 0 amide bonds. The molecule has 0 aromatic carbocycles. The van der Waals surface area contributed by atoms with Crippen LogP contribution in [0.2, 0.25) is 0 Å². The lowest BCUT2D eigenvalue weighted by atomic mass is 10.3. The van der Waals surface area contributed by atoms with E-state index in [1.807, 2.05) is 13.2 Å². The van der Waals surface area contributed by atoms with Crippen molar-refractivity contribution in [2.24, 2.45) is 0 Å². The molecule has 0 spiro atoms. The van der Waals surface area contributed by atoms with Crippen LogP contribution in [0.15, 0.2) is 12.5 Å². The van der Waals surface area contributed by atoms with Gasteiger partial charge >= 0.3 is 0 Å². The molecule has 1 N–H and O–H groups in total. The SMILES string of the molecule is CNC1CCN(c2ncncc2I)C1. The first-order valence-electron chi connectivity index (χ1n) is 4.69. The number of likely N-dealkylation sites (N-methyl/N-ethyl adjacent to an activating group) is 1. The predicted molar refractivity (Wildman–Crippen MR) is 64.4 cm³/mol. The number of hydrogen-bond donors (Lipinski definition) is 1. The molecule has 76 valence electrons. The van der Waals surface area contributed by atoms with Gasteiger partial charge in [0.05, 0.1) is 3.57 Å². The quantitative estimate of drug-likeness (QED) is 0.824. The standard InChI is InChI=1S/C9H13IN4/c1-11-7-2-3-14(5-7)9-8(10)4-12-6-13-9/h4,6-7,11H,2-3,5H2,1H3. The van der Waals surface area contributed by atoms with Gasteiger partial charge in [0, 0.05) is 25.3 Å². The summed E-state index contributed by atoms with van der Waals surface area (Å²) in [5.74, 6) is 1.07. The van der Waals surface area contributed by atoms with E-state index in [9.17, 15) is 0 Å². The van der Waals surface area contributed by atoms with E-state index in [0.29, 0.717) is 6.04 Å². The van der Waals surface area contributed by atoms with E-state index >= 15 is 0 Å². The molecule has 1 fully saturated rings. The van der Waals surface area contributed by atoms with Crippen LogP contribution in [0, 0.1) is 3.57 Å².